The van der Waals surface area contributed by atoms with Crippen molar-refractivity contribution < 1.29 is 23.5 Å². The minimum Gasteiger partial charge on any atom is -0.449 e. The van der Waals surface area contributed by atoms with Crippen LogP contribution in [0, 0.1) is 5.82 Å². The number of rotatable bonds is 7. The number of esters is 1. The first-order valence-electron chi connectivity index (χ1n) is 8.43. The summed E-state index contributed by atoms with van der Waals surface area (Å²) < 4.78 is 23.7. The Hall–Kier alpha value is -2.44. The van der Waals surface area contributed by atoms with Crippen LogP contribution in [-0.2, 0) is 20.9 Å². The molecular formula is C20H21ClFNO4. The monoisotopic (exact) mass is 393 g/mol. The van der Waals surface area contributed by atoms with Gasteiger partial charge in [-0.05, 0) is 56.7 Å². The van der Waals surface area contributed by atoms with Crippen LogP contribution in [0.3, 0.4) is 0 Å². The molecule has 1 atom stereocenters. The molecule has 1 N–H and O–H groups in total. The Bertz CT molecular complexity index is 808. The molecule has 0 aliphatic rings. The van der Waals surface area contributed by atoms with Crippen LogP contribution < -0.4 is 5.32 Å². The topological polar surface area (TPSA) is 64.6 Å². The zero-order valence-electron chi connectivity index (χ0n) is 15.3. The molecule has 0 aliphatic carbocycles. The molecule has 0 radical (unpaired) electrons. The molecular weight excluding hydrogens is 373 g/mol. The van der Waals surface area contributed by atoms with E-state index in [4.69, 9.17) is 21.1 Å². The van der Waals surface area contributed by atoms with Crippen molar-refractivity contribution in [1.29, 1.82) is 0 Å². The van der Waals surface area contributed by atoms with Crippen molar-refractivity contribution >= 4 is 29.2 Å². The zero-order valence-corrected chi connectivity index (χ0v) is 16.0. The molecule has 1 amide bonds. The molecule has 0 bridgehead atoms. The average Bonchev–Trinajstić information content (AvgIpc) is 2.62. The van der Waals surface area contributed by atoms with Gasteiger partial charge in [0.2, 0.25) is 0 Å². The number of halogens is 2. The van der Waals surface area contributed by atoms with Crippen molar-refractivity contribution in [3.8, 4) is 0 Å². The number of ether oxygens (including phenoxy) is 2. The van der Waals surface area contributed by atoms with Crippen LogP contribution in [0.5, 0.6) is 0 Å². The van der Waals surface area contributed by atoms with E-state index in [2.05, 4.69) is 5.32 Å². The van der Waals surface area contributed by atoms with Crippen LogP contribution in [0.4, 0.5) is 10.1 Å². The molecule has 0 saturated carbocycles. The summed E-state index contributed by atoms with van der Waals surface area (Å²) in [5.74, 6) is -1.71. The Labute approximate surface area is 162 Å². The van der Waals surface area contributed by atoms with E-state index in [1.54, 1.807) is 24.3 Å². The molecule has 0 aliphatic heterocycles. The van der Waals surface area contributed by atoms with E-state index < -0.39 is 23.8 Å². The van der Waals surface area contributed by atoms with E-state index >= 15 is 0 Å². The summed E-state index contributed by atoms with van der Waals surface area (Å²) in [7, 11) is 0. The summed E-state index contributed by atoms with van der Waals surface area (Å²) in [5, 5.41) is 2.56. The summed E-state index contributed by atoms with van der Waals surface area (Å²) in [5.41, 5.74) is 1.49. The molecule has 2 rings (SSSR count). The van der Waals surface area contributed by atoms with Gasteiger partial charge in [0.1, 0.15) is 5.82 Å². The lowest BCUT2D eigenvalue weighted by Gasteiger charge is -2.14. The normalized spacial score (nSPS) is 11.9. The van der Waals surface area contributed by atoms with Crippen LogP contribution in [-0.4, -0.2) is 24.1 Å². The van der Waals surface area contributed by atoms with Crippen molar-refractivity contribution in [2.24, 2.45) is 0 Å². The predicted octanol–water partition coefficient (Wildman–Crippen LogP) is 4.59. The van der Waals surface area contributed by atoms with Crippen LogP contribution in [0.15, 0.2) is 42.5 Å². The number of hydrogen-bond acceptors (Lipinski definition) is 4. The van der Waals surface area contributed by atoms with E-state index in [1.807, 2.05) is 13.8 Å². The Morgan fingerprint density at radius 3 is 2.37 bits per heavy atom. The summed E-state index contributed by atoms with van der Waals surface area (Å²) in [6.45, 7) is 5.77. The van der Waals surface area contributed by atoms with Crippen molar-refractivity contribution in [1.82, 2.24) is 0 Å². The molecule has 5 nitrogen and oxygen atoms in total. The number of benzene rings is 2. The highest BCUT2D eigenvalue weighted by Gasteiger charge is 2.20. The Balaban J connectivity index is 1.93. The van der Waals surface area contributed by atoms with Crippen molar-refractivity contribution in [2.75, 3.05) is 5.32 Å². The maximum absolute atomic E-state index is 13.0. The minimum absolute atomic E-state index is 0.0566. The average molecular weight is 394 g/mol. The van der Waals surface area contributed by atoms with Crippen molar-refractivity contribution in [3.05, 3.63) is 64.4 Å². The Morgan fingerprint density at radius 2 is 1.78 bits per heavy atom. The second kappa shape index (κ2) is 9.48. The lowest BCUT2D eigenvalue weighted by atomic mass is 10.1. The Kier molecular flexibility index (Phi) is 7.33. The van der Waals surface area contributed by atoms with Crippen LogP contribution in [0.2, 0.25) is 5.02 Å². The summed E-state index contributed by atoms with van der Waals surface area (Å²) in [4.78, 5) is 24.4. The number of anilines is 1. The third-order valence-corrected chi connectivity index (χ3v) is 3.93. The summed E-state index contributed by atoms with van der Waals surface area (Å²) >= 11 is 5.87. The molecule has 7 heteroatoms. The Morgan fingerprint density at radius 1 is 1.11 bits per heavy atom. The fourth-order valence-electron chi connectivity index (χ4n) is 2.11. The highest BCUT2D eigenvalue weighted by Crippen LogP contribution is 2.22. The molecule has 144 valence electrons. The molecule has 0 saturated heterocycles. The fraction of sp³-hybridized carbons (Fsp3) is 0.300. The molecule has 2 aromatic rings. The van der Waals surface area contributed by atoms with Gasteiger partial charge in [0.05, 0.1) is 29.0 Å². The summed E-state index contributed by atoms with van der Waals surface area (Å²) in [6.07, 6.45) is -0.939. The highest BCUT2D eigenvalue weighted by molar-refractivity contribution is 6.33. The van der Waals surface area contributed by atoms with Crippen molar-refractivity contribution in [3.63, 3.8) is 0 Å². The molecule has 0 unspecified atom stereocenters. The van der Waals surface area contributed by atoms with Gasteiger partial charge in [0.25, 0.3) is 5.91 Å². The number of hydrogen-bond donors (Lipinski definition) is 1. The van der Waals surface area contributed by atoms with Gasteiger partial charge in [0.15, 0.2) is 6.10 Å². The predicted molar refractivity (Wildman–Crippen MR) is 101 cm³/mol. The standard InChI is InChI=1S/C20H21ClFNO4/c1-12(2)26-11-14-4-6-15(7-5-14)20(25)27-13(3)19(24)23-18-9-8-16(22)10-17(18)21/h4-10,12-13H,11H2,1-3H3,(H,23,24)/t13-/m0/s1. The molecule has 0 heterocycles. The van der Waals surface area contributed by atoms with E-state index in [1.165, 1.54) is 19.1 Å². The smallest absolute Gasteiger partial charge is 0.338 e. The van der Waals surface area contributed by atoms with Gasteiger partial charge >= 0.3 is 5.97 Å². The largest absolute Gasteiger partial charge is 0.449 e. The van der Waals surface area contributed by atoms with E-state index in [9.17, 15) is 14.0 Å². The van der Waals surface area contributed by atoms with E-state index in [0.29, 0.717) is 12.2 Å². The first kappa shape index (κ1) is 20.9. The second-order valence-electron chi connectivity index (χ2n) is 6.22. The first-order chi connectivity index (χ1) is 12.8. The van der Waals surface area contributed by atoms with E-state index in [-0.39, 0.29) is 16.8 Å². The first-order valence-corrected chi connectivity index (χ1v) is 8.81. The van der Waals surface area contributed by atoms with Crippen molar-refractivity contribution in [2.45, 2.75) is 39.6 Å². The van der Waals surface area contributed by atoms with Gasteiger partial charge in [-0.3, -0.25) is 4.79 Å². The molecule has 2 aromatic carbocycles. The SMILES string of the molecule is CC(C)OCc1ccc(C(=O)O[C@@H](C)C(=O)Nc2ccc(F)cc2Cl)cc1. The quantitative estimate of drug-likeness (QED) is 0.699. The lowest BCUT2D eigenvalue weighted by Crippen LogP contribution is -2.30. The molecule has 0 fully saturated rings. The van der Waals surface area contributed by atoms with Gasteiger partial charge in [-0.1, -0.05) is 23.7 Å². The van der Waals surface area contributed by atoms with Crippen LogP contribution in [0.25, 0.3) is 0 Å². The third kappa shape index (κ3) is 6.34. The fourth-order valence-corrected chi connectivity index (χ4v) is 2.32. The summed E-state index contributed by atoms with van der Waals surface area (Å²) in [6, 6.07) is 10.3. The highest BCUT2D eigenvalue weighted by atomic mass is 35.5. The number of carbonyl (C=O) groups excluding carboxylic acids is 2. The third-order valence-electron chi connectivity index (χ3n) is 3.62. The zero-order chi connectivity index (χ0) is 20.0. The van der Waals surface area contributed by atoms with Gasteiger partial charge < -0.3 is 14.8 Å². The van der Waals surface area contributed by atoms with Gasteiger partial charge in [-0.2, -0.15) is 0 Å². The van der Waals surface area contributed by atoms with E-state index in [0.717, 1.165) is 11.6 Å². The van der Waals surface area contributed by atoms with Gasteiger partial charge in [-0.25, -0.2) is 9.18 Å². The van der Waals surface area contributed by atoms with Crippen LogP contribution >= 0.6 is 11.6 Å². The maximum atomic E-state index is 13.0. The number of nitrogens with one attached hydrogen (secondary N) is 1. The van der Waals surface area contributed by atoms with Crippen LogP contribution in [0.1, 0.15) is 36.7 Å². The second-order valence-corrected chi connectivity index (χ2v) is 6.62. The molecule has 0 aromatic heterocycles. The van der Waals surface area contributed by atoms with Gasteiger partial charge in [-0.15, -0.1) is 0 Å². The molecule has 0 spiro atoms. The van der Waals surface area contributed by atoms with Gasteiger partial charge in [0, 0.05) is 0 Å². The lowest BCUT2D eigenvalue weighted by molar-refractivity contribution is -0.123. The number of carbonyl (C=O) groups is 2. The number of amides is 1. The minimum atomic E-state index is -1.05. The molecule has 27 heavy (non-hydrogen) atoms. The maximum Gasteiger partial charge on any atom is 0.338 e.